The summed E-state index contributed by atoms with van der Waals surface area (Å²) in [5.74, 6) is -0.135. The van der Waals surface area contributed by atoms with Gasteiger partial charge >= 0.3 is 0 Å². The van der Waals surface area contributed by atoms with Gasteiger partial charge in [-0.25, -0.2) is 0 Å². The van der Waals surface area contributed by atoms with Crippen LogP contribution in [-0.2, 0) is 12.8 Å². The molecule has 0 saturated carbocycles. The number of hydrogen-bond acceptors (Lipinski definition) is 2. The minimum Gasteiger partial charge on any atom is -0.393 e. The van der Waals surface area contributed by atoms with E-state index in [9.17, 15) is 4.79 Å². The molecular formula is C17H18N2OS. The number of aryl methyl sites for hydroxylation is 1. The molecule has 2 aromatic rings. The molecule has 1 amide bonds. The topological polar surface area (TPSA) is 55.1 Å². The Morgan fingerprint density at radius 1 is 1.14 bits per heavy atom. The van der Waals surface area contributed by atoms with Crippen LogP contribution in [0.3, 0.4) is 0 Å². The van der Waals surface area contributed by atoms with Crippen LogP contribution in [0.4, 0.5) is 5.69 Å². The van der Waals surface area contributed by atoms with Crippen molar-refractivity contribution >= 4 is 28.8 Å². The van der Waals surface area contributed by atoms with Crippen LogP contribution in [0.25, 0.3) is 0 Å². The molecule has 0 radical (unpaired) electrons. The highest BCUT2D eigenvalue weighted by molar-refractivity contribution is 7.80. The highest BCUT2D eigenvalue weighted by Gasteiger charge is 2.07. The number of benzene rings is 2. The molecule has 21 heavy (non-hydrogen) atoms. The van der Waals surface area contributed by atoms with Crippen molar-refractivity contribution in [2.75, 3.05) is 5.32 Å². The summed E-state index contributed by atoms with van der Waals surface area (Å²) in [5, 5.41) is 2.89. The Bertz CT molecular complexity index is 650. The lowest BCUT2D eigenvalue weighted by molar-refractivity contribution is 0.102. The highest BCUT2D eigenvalue weighted by atomic mass is 32.1. The molecule has 0 saturated heterocycles. The van der Waals surface area contributed by atoms with Gasteiger partial charge in [-0.3, -0.25) is 4.79 Å². The molecule has 0 unspecified atom stereocenters. The summed E-state index contributed by atoms with van der Waals surface area (Å²) in [6.07, 6.45) is 1.48. The van der Waals surface area contributed by atoms with Gasteiger partial charge in [-0.15, -0.1) is 0 Å². The van der Waals surface area contributed by atoms with E-state index in [2.05, 4.69) is 12.2 Å². The minimum absolute atomic E-state index is 0.135. The first-order valence-corrected chi connectivity index (χ1v) is 7.27. The molecule has 2 aromatic carbocycles. The monoisotopic (exact) mass is 298 g/mol. The minimum atomic E-state index is -0.135. The maximum Gasteiger partial charge on any atom is 0.255 e. The smallest absolute Gasteiger partial charge is 0.255 e. The zero-order valence-electron chi connectivity index (χ0n) is 11.9. The molecule has 0 fully saturated rings. The highest BCUT2D eigenvalue weighted by Crippen LogP contribution is 2.13. The number of hydrogen-bond donors (Lipinski definition) is 2. The van der Waals surface area contributed by atoms with Crippen molar-refractivity contribution in [1.29, 1.82) is 0 Å². The van der Waals surface area contributed by atoms with Crippen molar-refractivity contribution in [3.8, 4) is 0 Å². The average Bonchev–Trinajstić information content (AvgIpc) is 2.47. The second-order valence-electron chi connectivity index (χ2n) is 4.85. The fourth-order valence-corrected chi connectivity index (χ4v) is 2.22. The van der Waals surface area contributed by atoms with E-state index in [1.54, 1.807) is 6.07 Å². The lowest BCUT2D eigenvalue weighted by atomic mass is 10.1. The molecule has 0 aliphatic rings. The van der Waals surface area contributed by atoms with Crippen LogP contribution in [-0.4, -0.2) is 10.9 Å². The predicted octanol–water partition coefficient (Wildman–Crippen LogP) is 3.33. The van der Waals surface area contributed by atoms with Crippen molar-refractivity contribution < 1.29 is 4.79 Å². The molecule has 4 heteroatoms. The molecule has 0 bridgehead atoms. The molecule has 0 spiro atoms. The van der Waals surface area contributed by atoms with Crippen LogP contribution < -0.4 is 11.1 Å². The Kier molecular flexibility index (Phi) is 5.06. The van der Waals surface area contributed by atoms with Crippen LogP contribution in [0, 0.1) is 0 Å². The Hall–Kier alpha value is -2.20. The van der Waals surface area contributed by atoms with Gasteiger partial charge in [-0.2, -0.15) is 0 Å². The standard InChI is InChI=1S/C17H18N2OS/c1-2-12-6-8-15(9-7-12)19-17(20)14-5-3-4-13(10-14)11-16(18)21/h3-10H,2,11H2,1H3,(H2,18,21)(H,19,20). The van der Waals surface area contributed by atoms with Gasteiger partial charge in [-0.05, 0) is 41.8 Å². The van der Waals surface area contributed by atoms with Gasteiger partial charge in [0.1, 0.15) is 0 Å². The summed E-state index contributed by atoms with van der Waals surface area (Å²) >= 11 is 4.89. The first-order valence-electron chi connectivity index (χ1n) is 6.86. The summed E-state index contributed by atoms with van der Waals surface area (Å²) < 4.78 is 0. The summed E-state index contributed by atoms with van der Waals surface area (Å²) in [6.45, 7) is 2.10. The third-order valence-corrected chi connectivity index (χ3v) is 3.33. The molecule has 0 heterocycles. The molecule has 0 atom stereocenters. The summed E-state index contributed by atoms with van der Waals surface area (Å²) in [5.41, 5.74) is 9.10. The van der Waals surface area contributed by atoms with Crippen LogP contribution >= 0.6 is 12.2 Å². The number of carbonyl (C=O) groups excluding carboxylic acids is 1. The number of thiocarbonyl (C=S) groups is 1. The van der Waals surface area contributed by atoms with Crippen LogP contribution in [0.1, 0.15) is 28.4 Å². The molecule has 0 aromatic heterocycles. The Morgan fingerprint density at radius 3 is 2.48 bits per heavy atom. The lowest BCUT2D eigenvalue weighted by Gasteiger charge is -2.07. The van der Waals surface area contributed by atoms with Gasteiger partial charge in [0.25, 0.3) is 5.91 Å². The second kappa shape index (κ2) is 6.99. The van der Waals surface area contributed by atoms with Gasteiger partial charge in [0.05, 0.1) is 4.99 Å². The average molecular weight is 298 g/mol. The first kappa shape index (κ1) is 15.2. The predicted molar refractivity (Wildman–Crippen MR) is 90.7 cm³/mol. The molecular weight excluding hydrogens is 280 g/mol. The first-order chi connectivity index (χ1) is 10.1. The maximum absolute atomic E-state index is 12.2. The Morgan fingerprint density at radius 2 is 1.86 bits per heavy atom. The van der Waals surface area contributed by atoms with Crippen LogP contribution in [0.2, 0.25) is 0 Å². The van der Waals surface area contributed by atoms with Crippen molar-refractivity contribution in [3.05, 3.63) is 65.2 Å². The van der Waals surface area contributed by atoms with Gasteiger partial charge < -0.3 is 11.1 Å². The van der Waals surface area contributed by atoms with Gasteiger partial charge in [0, 0.05) is 17.7 Å². The van der Waals surface area contributed by atoms with E-state index in [1.165, 1.54) is 5.56 Å². The zero-order chi connectivity index (χ0) is 15.2. The third kappa shape index (κ3) is 4.39. The van der Waals surface area contributed by atoms with Crippen molar-refractivity contribution in [2.24, 2.45) is 5.73 Å². The van der Waals surface area contributed by atoms with Crippen molar-refractivity contribution in [1.82, 2.24) is 0 Å². The van der Waals surface area contributed by atoms with E-state index in [0.717, 1.165) is 17.7 Å². The van der Waals surface area contributed by atoms with E-state index in [1.807, 2.05) is 42.5 Å². The number of anilines is 1. The molecule has 3 nitrogen and oxygen atoms in total. The van der Waals surface area contributed by atoms with Crippen LogP contribution in [0.15, 0.2) is 48.5 Å². The Balaban J connectivity index is 2.10. The van der Waals surface area contributed by atoms with Crippen molar-refractivity contribution in [3.63, 3.8) is 0 Å². The summed E-state index contributed by atoms with van der Waals surface area (Å²) in [7, 11) is 0. The SMILES string of the molecule is CCc1ccc(NC(=O)c2cccc(CC(N)=S)c2)cc1. The summed E-state index contributed by atoms with van der Waals surface area (Å²) in [6, 6.07) is 15.2. The zero-order valence-corrected chi connectivity index (χ0v) is 12.7. The van der Waals surface area contributed by atoms with E-state index >= 15 is 0 Å². The second-order valence-corrected chi connectivity index (χ2v) is 5.37. The number of carbonyl (C=O) groups is 1. The van der Waals surface area contributed by atoms with E-state index in [0.29, 0.717) is 17.0 Å². The van der Waals surface area contributed by atoms with Gasteiger partial charge in [-0.1, -0.05) is 43.4 Å². The molecule has 0 aliphatic heterocycles. The van der Waals surface area contributed by atoms with E-state index in [4.69, 9.17) is 18.0 Å². The summed E-state index contributed by atoms with van der Waals surface area (Å²) in [4.78, 5) is 12.7. The fraction of sp³-hybridized carbons (Fsp3) is 0.176. The number of nitrogens with one attached hydrogen (secondary N) is 1. The number of nitrogens with two attached hydrogens (primary N) is 1. The molecule has 2 rings (SSSR count). The number of rotatable bonds is 5. The van der Waals surface area contributed by atoms with Gasteiger partial charge in [0.2, 0.25) is 0 Å². The molecule has 108 valence electrons. The third-order valence-electron chi connectivity index (χ3n) is 3.19. The van der Waals surface area contributed by atoms with E-state index in [-0.39, 0.29) is 5.91 Å². The quantitative estimate of drug-likeness (QED) is 0.833. The van der Waals surface area contributed by atoms with Gasteiger partial charge in [0.15, 0.2) is 0 Å². The molecule has 0 aliphatic carbocycles. The van der Waals surface area contributed by atoms with E-state index < -0.39 is 0 Å². The normalized spacial score (nSPS) is 10.1. The number of amides is 1. The lowest BCUT2D eigenvalue weighted by Crippen LogP contribution is -2.14. The molecule has 3 N–H and O–H groups in total. The Labute approximate surface area is 130 Å². The van der Waals surface area contributed by atoms with Crippen LogP contribution in [0.5, 0.6) is 0 Å². The van der Waals surface area contributed by atoms with Crippen molar-refractivity contribution in [2.45, 2.75) is 19.8 Å². The maximum atomic E-state index is 12.2. The fourth-order valence-electron chi connectivity index (χ4n) is 2.05. The largest absolute Gasteiger partial charge is 0.393 e.